The first-order valence-electron chi connectivity index (χ1n) is 6.86. The second-order valence-electron chi connectivity index (χ2n) is 5.29. The van der Waals surface area contributed by atoms with Gasteiger partial charge in [0.2, 0.25) is 0 Å². The molecule has 1 amide bonds. The number of carbonyl (C=O) groups excluding carboxylic acids is 1. The molecule has 19 heavy (non-hydrogen) atoms. The van der Waals surface area contributed by atoms with Crippen molar-refractivity contribution >= 4 is 17.3 Å². The Balaban J connectivity index is 2.43. The minimum atomic E-state index is 0.0788. The molecule has 0 spiro atoms. The Morgan fingerprint density at radius 1 is 1.32 bits per heavy atom. The number of amides is 1. The third-order valence-corrected chi connectivity index (χ3v) is 3.48. The molecule has 2 rings (SSSR count). The van der Waals surface area contributed by atoms with Crippen molar-refractivity contribution in [1.82, 2.24) is 0 Å². The highest BCUT2D eigenvalue weighted by Crippen LogP contribution is 2.35. The average molecular weight is 258 g/mol. The predicted octanol–water partition coefficient (Wildman–Crippen LogP) is 3.21. The third kappa shape index (κ3) is 2.65. The molecular formula is C16H22N2O. The fourth-order valence-electron chi connectivity index (χ4n) is 2.65. The van der Waals surface area contributed by atoms with Gasteiger partial charge in [-0.25, -0.2) is 0 Å². The highest BCUT2D eigenvalue weighted by Gasteiger charge is 2.29. The zero-order valence-corrected chi connectivity index (χ0v) is 12.2. The number of fused-ring (bicyclic) bond motifs is 1. The Hall–Kier alpha value is -1.77. The van der Waals surface area contributed by atoms with Crippen molar-refractivity contribution in [2.45, 2.75) is 33.7 Å². The highest BCUT2D eigenvalue weighted by molar-refractivity contribution is 6.04. The number of hydrogen-bond acceptors (Lipinski definition) is 2. The molecule has 0 saturated carbocycles. The Labute approximate surface area is 115 Å². The number of benzene rings is 1. The maximum absolute atomic E-state index is 12.3. The van der Waals surface area contributed by atoms with Gasteiger partial charge < -0.3 is 9.80 Å². The van der Waals surface area contributed by atoms with E-state index < -0.39 is 0 Å². The number of carbonyl (C=O) groups is 1. The summed E-state index contributed by atoms with van der Waals surface area (Å²) in [6.45, 7) is 9.93. The van der Waals surface area contributed by atoms with E-state index in [9.17, 15) is 4.79 Å². The zero-order valence-electron chi connectivity index (χ0n) is 12.2. The Kier molecular flexibility index (Phi) is 3.93. The highest BCUT2D eigenvalue weighted by atomic mass is 16.2. The largest absolute Gasteiger partial charge is 0.366 e. The number of allylic oxidation sites excluding steroid dienone is 1. The predicted molar refractivity (Wildman–Crippen MR) is 80.7 cm³/mol. The van der Waals surface area contributed by atoms with Gasteiger partial charge in [-0.05, 0) is 39.8 Å². The van der Waals surface area contributed by atoms with Crippen LogP contribution in [0.1, 0.15) is 27.7 Å². The average Bonchev–Trinajstić information content (AvgIpc) is 2.37. The van der Waals surface area contributed by atoms with Crippen molar-refractivity contribution in [2.75, 3.05) is 22.9 Å². The van der Waals surface area contributed by atoms with Gasteiger partial charge in [0, 0.05) is 25.2 Å². The normalized spacial score (nSPS) is 18.0. The molecule has 102 valence electrons. The molecule has 3 heteroatoms. The summed E-state index contributed by atoms with van der Waals surface area (Å²) in [4.78, 5) is 16.6. The number of para-hydroxylation sites is 2. The number of likely N-dealkylation sites (N-methyl/N-ethyl adjacent to an activating group) is 1. The first-order valence-corrected chi connectivity index (χ1v) is 6.86. The van der Waals surface area contributed by atoms with Crippen LogP contribution < -0.4 is 9.80 Å². The summed E-state index contributed by atoms with van der Waals surface area (Å²) in [6.07, 6.45) is 1.71. The van der Waals surface area contributed by atoms with Crippen LogP contribution in [0.4, 0.5) is 11.4 Å². The van der Waals surface area contributed by atoms with E-state index in [0.29, 0.717) is 6.04 Å². The van der Waals surface area contributed by atoms with Gasteiger partial charge in [0.05, 0.1) is 11.4 Å². The molecule has 1 atom stereocenters. The van der Waals surface area contributed by atoms with Crippen molar-refractivity contribution < 1.29 is 4.79 Å². The van der Waals surface area contributed by atoms with Crippen LogP contribution >= 0.6 is 0 Å². The van der Waals surface area contributed by atoms with Gasteiger partial charge in [-0.1, -0.05) is 17.7 Å². The summed E-state index contributed by atoms with van der Waals surface area (Å²) in [6, 6.07) is 8.49. The molecule has 1 unspecified atom stereocenters. The van der Waals surface area contributed by atoms with E-state index in [1.54, 1.807) is 6.08 Å². The van der Waals surface area contributed by atoms with Crippen molar-refractivity contribution in [3.05, 3.63) is 35.9 Å². The number of anilines is 2. The third-order valence-electron chi connectivity index (χ3n) is 3.48. The second kappa shape index (κ2) is 5.47. The topological polar surface area (TPSA) is 23.6 Å². The van der Waals surface area contributed by atoms with Gasteiger partial charge in [0.1, 0.15) is 0 Å². The standard InChI is InChI=1S/C16H22N2O/c1-5-17-13(4)11-18(16(19)10-12(2)3)15-9-7-6-8-14(15)17/h6-10,13H,5,11H2,1-4H3. The zero-order chi connectivity index (χ0) is 14.0. The van der Waals surface area contributed by atoms with Crippen LogP contribution in [0.15, 0.2) is 35.9 Å². The van der Waals surface area contributed by atoms with Gasteiger partial charge in [-0.2, -0.15) is 0 Å². The molecule has 0 bridgehead atoms. The number of nitrogens with zero attached hydrogens (tertiary/aromatic N) is 2. The quantitative estimate of drug-likeness (QED) is 0.760. The lowest BCUT2D eigenvalue weighted by molar-refractivity contribution is -0.114. The molecule has 0 radical (unpaired) electrons. The van der Waals surface area contributed by atoms with Crippen LogP contribution in [0.5, 0.6) is 0 Å². The first kappa shape index (κ1) is 13.7. The molecule has 1 aliphatic rings. The molecule has 0 aliphatic carbocycles. The van der Waals surface area contributed by atoms with Crippen LogP contribution in [0.2, 0.25) is 0 Å². The summed E-state index contributed by atoms with van der Waals surface area (Å²) < 4.78 is 0. The monoisotopic (exact) mass is 258 g/mol. The maximum Gasteiger partial charge on any atom is 0.251 e. The molecule has 1 aromatic rings. The molecular weight excluding hydrogens is 236 g/mol. The molecule has 3 nitrogen and oxygen atoms in total. The summed E-state index contributed by atoms with van der Waals surface area (Å²) in [5.41, 5.74) is 3.21. The van der Waals surface area contributed by atoms with Crippen LogP contribution in [0.25, 0.3) is 0 Å². The Bertz CT molecular complexity index is 503. The number of rotatable bonds is 2. The van der Waals surface area contributed by atoms with Crippen LogP contribution in [0.3, 0.4) is 0 Å². The molecule has 0 N–H and O–H groups in total. The smallest absolute Gasteiger partial charge is 0.251 e. The summed E-state index contributed by atoms with van der Waals surface area (Å²) in [5.74, 6) is 0.0788. The maximum atomic E-state index is 12.3. The Morgan fingerprint density at radius 3 is 2.53 bits per heavy atom. The first-order chi connectivity index (χ1) is 9.04. The number of hydrogen-bond donors (Lipinski definition) is 0. The van der Waals surface area contributed by atoms with E-state index in [-0.39, 0.29) is 5.91 Å². The van der Waals surface area contributed by atoms with Gasteiger partial charge in [-0.15, -0.1) is 0 Å². The fourth-order valence-corrected chi connectivity index (χ4v) is 2.65. The van der Waals surface area contributed by atoms with Crippen LogP contribution in [0, 0.1) is 0 Å². The van der Waals surface area contributed by atoms with Crippen molar-refractivity contribution in [3.63, 3.8) is 0 Å². The summed E-state index contributed by atoms with van der Waals surface area (Å²) in [7, 11) is 0. The van der Waals surface area contributed by atoms with E-state index in [4.69, 9.17) is 0 Å². The van der Waals surface area contributed by atoms with Crippen LogP contribution in [-0.2, 0) is 4.79 Å². The van der Waals surface area contributed by atoms with E-state index in [1.807, 2.05) is 36.9 Å². The minimum absolute atomic E-state index is 0.0788. The fraction of sp³-hybridized carbons (Fsp3) is 0.438. The van der Waals surface area contributed by atoms with Crippen molar-refractivity contribution in [3.8, 4) is 0 Å². The lowest BCUT2D eigenvalue weighted by atomic mass is 10.1. The summed E-state index contributed by atoms with van der Waals surface area (Å²) in [5, 5.41) is 0. The Morgan fingerprint density at radius 2 is 1.95 bits per heavy atom. The SMILES string of the molecule is CCN1c2ccccc2N(C(=O)C=C(C)C)CC1C. The van der Waals surface area contributed by atoms with E-state index >= 15 is 0 Å². The van der Waals surface area contributed by atoms with Crippen LogP contribution in [-0.4, -0.2) is 25.0 Å². The minimum Gasteiger partial charge on any atom is -0.366 e. The van der Waals surface area contributed by atoms with Crippen molar-refractivity contribution in [2.24, 2.45) is 0 Å². The molecule has 1 aliphatic heterocycles. The van der Waals surface area contributed by atoms with Gasteiger partial charge >= 0.3 is 0 Å². The lowest BCUT2D eigenvalue weighted by Crippen LogP contribution is -2.49. The molecule has 0 fully saturated rings. The molecule has 0 saturated heterocycles. The molecule has 1 heterocycles. The second-order valence-corrected chi connectivity index (χ2v) is 5.29. The van der Waals surface area contributed by atoms with E-state index in [0.717, 1.165) is 30.0 Å². The molecule has 1 aromatic carbocycles. The van der Waals surface area contributed by atoms with Gasteiger partial charge in [-0.3, -0.25) is 4.79 Å². The van der Waals surface area contributed by atoms with E-state index in [1.165, 1.54) is 0 Å². The lowest BCUT2D eigenvalue weighted by Gasteiger charge is -2.41. The molecule has 0 aromatic heterocycles. The van der Waals surface area contributed by atoms with E-state index in [2.05, 4.69) is 24.8 Å². The summed E-state index contributed by atoms with van der Waals surface area (Å²) >= 11 is 0. The van der Waals surface area contributed by atoms with Gasteiger partial charge in [0.15, 0.2) is 0 Å². The van der Waals surface area contributed by atoms with Gasteiger partial charge in [0.25, 0.3) is 5.91 Å². The van der Waals surface area contributed by atoms with Crippen molar-refractivity contribution in [1.29, 1.82) is 0 Å².